The number of carbonyl (C=O) groups excluding carboxylic acids is 2. The Balaban J connectivity index is 1.56. The second kappa shape index (κ2) is 12.3. The zero-order chi connectivity index (χ0) is 33.1. The van der Waals surface area contributed by atoms with Gasteiger partial charge in [-0.25, -0.2) is 9.59 Å². The molecule has 3 aliphatic carbocycles. The Morgan fingerprint density at radius 1 is 1.18 bits per heavy atom. The van der Waals surface area contributed by atoms with E-state index in [-0.39, 0.29) is 59.5 Å². The fourth-order valence-corrected chi connectivity index (χ4v) is 10.2. The van der Waals surface area contributed by atoms with E-state index in [0.717, 1.165) is 12.8 Å². The monoisotopic (exact) mass is 648 g/mol. The molecule has 0 radical (unpaired) electrons. The number of ether oxygens (including phenoxy) is 3. The summed E-state index contributed by atoms with van der Waals surface area (Å²) in [5.41, 5.74) is -0.477. The van der Waals surface area contributed by atoms with Gasteiger partial charge in [-0.3, -0.25) is 4.90 Å². The molecule has 3 fully saturated rings. The first-order valence-electron chi connectivity index (χ1n) is 16.0. The standard InChI is InChI=1S/C34H49ClN2O8/c1-18-22(43-7)17-24-32(2)13-11-25(39)34(4,45-30(41)20-16-19(35)8-9-21(20)36-5)23(32)10-12-33(24,3)27(18)26-28(40)31(42)44-29(26)37(6)14-15-38/h8-9,16,18,22-25,27,29,36,38-40H,10-15,17H2,1-7H3. The van der Waals surface area contributed by atoms with Gasteiger partial charge in [0.05, 0.1) is 24.4 Å². The Morgan fingerprint density at radius 3 is 2.51 bits per heavy atom. The zero-order valence-corrected chi connectivity index (χ0v) is 28.2. The minimum atomic E-state index is -1.17. The van der Waals surface area contributed by atoms with E-state index >= 15 is 0 Å². The van der Waals surface area contributed by atoms with Crippen LogP contribution in [0.1, 0.15) is 70.2 Å². The van der Waals surface area contributed by atoms with Gasteiger partial charge in [0.2, 0.25) is 5.76 Å². The van der Waals surface area contributed by atoms with Crippen LogP contribution in [0.15, 0.2) is 29.5 Å². The third kappa shape index (κ3) is 5.34. The number of carbonyl (C=O) groups is 2. The van der Waals surface area contributed by atoms with Crippen LogP contribution in [0.4, 0.5) is 5.69 Å². The molecule has 4 aliphatic rings. The first-order chi connectivity index (χ1) is 21.2. The molecule has 1 aromatic rings. The first kappa shape index (κ1) is 34.0. The van der Waals surface area contributed by atoms with Crippen LogP contribution in [0.5, 0.6) is 0 Å². The van der Waals surface area contributed by atoms with Gasteiger partial charge in [-0.05, 0) is 92.9 Å². The minimum absolute atomic E-state index is 0.0410. The van der Waals surface area contributed by atoms with Gasteiger partial charge < -0.3 is 34.8 Å². The lowest BCUT2D eigenvalue weighted by molar-refractivity contribution is -0.241. The molecule has 45 heavy (non-hydrogen) atoms. The van der Waals surface area contributed by atoms with E-state index in [9.17, 15) is 24.9 Å². The number of cyclic esters (lactones) is 1. The molecular formula is C34H49ClN2O8. The number of methoxy groups -OCH3 is 1. The van der Waals surface area contributed by atoms with Crippen LogP contribution in [-0.2, 0) is 19.0 Å². The van der Waals surface area contributed by atoms with Gasteiger partial charge in [0.1, 0.15) is 5.60 Å². The number of hydrogen-bond donors (Lipinski definition) is 4. The van der Waals surface area contributed by atoms with E-state index in [1.165, 1.54) is 0 Å². The van der Waals surface area contributed by atoms with Crippen molar-refractivity contribution in [3.63, 3.8) is 0 Å². The van der Waals surface area contributed by atoms with Gasteiger partial charge in [-0.2, -0.15) is 0 Å². The number of hydrogen-bond acceptors (Lipinski definition) is 10. The normalized spacial score (nSPS) is 39.7. The Bertz CT molecular complexity index is 1360. The highest BCUT2D eigenvalue weighted by atomic mass is 35.5. The summed E-state index contributed by atoms with van der Waals surface area (Å²) in [7, 11) is 5.20. The fraction of sp³-hybridized carbons (Fsp3) is 0.706. The molecule has 10 atom stereocenters. The highest BCUT2D eigenvalue weighted by molar-refractivity contribution is 6.31. The second-order valence-corrected chi connectivity index (χ2v) is 14.8. The fourth-order valence-electron chi connectivity index (χ4n) is 9.99. The summed E-state index contributed by atoms with van der Waals surface area (Å²) >= 11 is 6.26. The number of nitrogens with one attached hydrogen (secondary N) is 1. The van der Waals surface area contributed by atoms with Crippen molar-refractivity contribution in [2.24, 2.45) is 34.5 Å². The molecule has 250 valence electrons. The van der Waals surface area contributed by atoms with E-state index in [2.05, 4.69) is 26.1 Å². The van der Waals surface area contributed by atoms with Gasteiger partial charge in [0.25, 0.3) is 0 Å². The molecule has 11 heteroatoms. The molecule has 0 saturated heterocycles. The molecule has 3 saturated carbocycles. The van der Waals surface area contributed by atoms with Crippen molar-refractivity contribution in [2.45, 2.75) is 83.8 Å². The SMILES string of the molecule is CNc1ccc(Cl)cc1C(=O)OC1(C)C(O)CCC2(C)C3CC(OC)C(C)C(C4=C(O)C(=O)OC4N(C)CCO)C3(C)CCC21. The van der Waals surface area contributed by atoms with E-state index < -0.39 is 29.9 Å². The molecule has 10 nitrogen and oxygen atoms in total. The summed E-state index contributed by atoms with van der Waals surface area (Å²) in [6.07, 6.45) is 1.47. The number of esters is 2. The van der Waals surface area contributed by atoms with Crippen molar-refractivity contribution in [1.82, 2.24) is 4.90 Å². The molecule has 1 aromatic carbocycles. The third-order valence-corrected chi connectivity index (χ3v) is 12.4. The van der Waals surface area contributed by atoms with Crippen LogP contribution in [0.3, 0.4) is 0 Å². The van der Waals surface area contributed by atoms with Crippen molar-refractivity contribution in [2.75, 3.05) is 39.7 Å². The van der Waals surface area contributed by atoms with Crippen molar-refractivity contribution < 1.29 is 39.1 Å². The first-order valence-corrected chi connectivity index (χ1v) is 16.4. The summed E-state index contributed by atoms with van der Waals surface area (Å²) in [5, 5.41) is 35.9. The van der Waals surface area contributed by atoms with Crippen LogP contribution in [0.2, 0.25) is 5.02 Å². The van der Waals surface area contributed by atoms with Gasteiger partial charge >= 0.3 is 11.9 Å². The zero-order valence-electron chi connectivity index (χ0n) is 27.4. The second-order valence-electron chi connectivity index (χ2n) is 14.3. The average molecular weight is 649 g/mol. The smallest absolute Gasteiger partial charge is 0.375 e. The van der Waals surface area contributed by atoms with Crippen LogP contribution in [-0.4, -0.2) is 90.6 Å². The Labute approximate surface area is 271 Å². The topological polar surface area (TPSA) is 138 Å². The van der Waals surface area contributed by atoms with Crippen molar-refractivity contribution in [3.8, 4) is 0 Å². The molecule has 5 rings (SSSR count). The van der Waals surface area contributed by atoms with Gasteiger partial charge in [0.15, 0.2) is 6.23 Å². The lowest BCUT2D eigenvalue weighted by Gasteiger charge is -2.67. The number of likely N-dealkylation sites (N-methyl/N-ethyl adjacent to an activating group) is 1. The van der Waals surface area contributed by atoms with Crippen molar-refractivity contribution in [1.29, 1.82) is 0 Å². The Kier molecular flexibility index (Phi) is 9.32. The maximum Gasteiger partial charge on any atom is 0.375 e. The van der Waals surface area contributed by atoms with Gasteiger partial charge in [0, 0.05) is 42.9 Å². The lowest BCUT2D eigenvalue weighted by Crippen LogP contribution is -2.67. The molecular weight excluding hydrogens is 600 g/mol. The number of fused-ring (bicyclic) bond motifs is 3. The third-order valence-electron chi connectivity index (χ3n) is 12.2. The maximum atomic E-state index is 13.8. The number of nitrogens with zero attached hydrogens (tertiary/aromatic N) is 1. The quantitative estimate of drug-likeness (QED) is 0.291. The highest BCUT2D eigenvalue weighted by Crippen LogP contribution is 2.69. The average Bonchev–Trinajstić information content (AvgIpc) is 3.28. The van der Waals surface area contributed by atoms with Gasteiger partial charge in [-0.15, -0.1) is 0 Å². The highest BCUT2D eigenvalue weighted by Gasteiger charge is 2.68. The molecule has 10 unspecified atom stereocenters. The van der Waals surface area contributed by atoms with E-state index in [1.54, 1.807) is 44.3 Å². The molecule has 0 aromatic heterocycles. The largest absolute Gasteiger partial charge is 0.502 e. The van der Waals surface area contributed by atoms with E-state index in [4.69, 9.17) is 25.8 Å². The van der Waals surface area contributed by atoms with E-state index in [0.29, 0.717) is 41.1 Å². The summed E-state index contributed by atoms with van der Waals surface area (Å²) in [6.45, 7) is 8.62. The number of rotatable bonds is 8. The van der Waals surface area contributed by atoms with Gasteiger partial charge in [-0.1, -0.05) is 32.4 Å². The predicted octanol–water partition coefficient (Wildman–Crippen LogP) is 4.78. The van der Waals surface area contributed by atoms with Crippen LogP contribution < -0.4 is 5.32 Å². The molecule has 1 aliphatic heterocycles. The summed E-state index contributed by atoms with van der Waals surface area (Å²) < 4.78 is 18.2. The van der Waals surface area contributed by atoms with Crippen LogP contribution in [0.25, 0.3) is 0 Å². The van der Waals surface area contributed by atoms with Crippen molar-refractivity contribution in [3.05, 3.63) is 40.1 Å². The number of anilines is 1. The summed E-state index contributed by atoms with van der Waals surface area (Å²) in [5.74, 6) is -2.09. The number of aliphatic hydroxyl groups excluding tert-OH is 3. The van der Waals surface area contributed by atoms with Crippen LogP contribution in [0, 0.1) is 34.5 Å². The predicted molar refractivity (Wildman–Crippen MR) is 170 cm³/mol. The molecule has 4 N–H and O–H groups in total. The Hall–Kier alpha value is -2.37. The minimum Gasteiger partial charge on any atom is -0.502 e. The number of benzene rings is 1. The number of aliphatic hydroxyl groups is 3. The lowest BCUT2D eigenvalue weighted by atomic mass is 9.38. The number of halogens is 1. The molecule has 1 heterocycles. The molecule has 0 amide bonds. The van der Waals surface area contributed by atoms with Crippen LogP contribution >= 0.6 is 11.6 Å². The molecule has 0 spiro atoms. The van der Waals surface area contributed by atoms with Crippen molar-refractivity contribution >= 4 is 29.2 Å². The Morgan fingerprint density at radius 2 is 1.87 bits per heavy atom. The molecule has 0 bridgehead atoms. The maximum absolute atomic E-state index is 13.8. The van der Waals surface area contributed by atoms with E-state index in [1.807, 2.05) is 6.92 Å². The summed E-state index contributed by atoms with van der Waals surface area (Å²) in [6, 6.07) is 5.02. The summed E-state index contributed by atoms with van der Waals surface area (Å²) in [4.78, 5) is 28.3.